The van der Waals surface area contributed by atoms with Gasteiger partial charge in [-0.3, -0.25) is 10.1 Å². The van der Waals surface area contributed by atoms with Gasteiger partial charge in [-0.05, 0) is 32.0 Å². The predicted molar refractivity (Wildman–Crippen MR) is 81.5 cm³/mol. The van der Waals surface area contributed by atoms with Crippen LogP contribution in [0.5, 0.6) is 0 Å². The molecule has 0 spiro atoms. The molecule has 1 saturated heterocycles. The van der Waals surface area contributed by atoms with Crippen molar-refractivity contribution in [2.75, 3.05) is 51.0 Å². The molecule has 0 saturated carbocycles. The molecule has 1 N–H and O–H groups in total. The zero-order valence-corrected chi connectivity index (χ0v) is 12.3. The summed E-state index contributed by atoms with van der Waals surface area (Å²) in [5.41, 5.74) is 1.78. The van der Waals surface area contributed by atoms with E-state index >= 15 is 0 Å². The molecule has 2 rings (SSSR count). The monoisotopic (exact) mass is 278 g/mol. The van der Waals surface area contributed by atoms with Crippen LogP contribution in [-0.2, 0) is 0 Å². The molecule has 6 heteroatoms. The summed E-state index contributed by atoms with van der Waals surface area (Å²) in [6.45, 7) is 3.15. The van der Waals surface area contributed by atoms with Crippen LogP contribution in [0.4, 0.5) is 17.1 Å². The Hall–Kier alpha value is -1.82. The van der Waals surface area contributed by atoms with E-state index in [2.05, 4.69) is 22.2 Å². The first-order valence-electron chi connectivity index (χ1n) is 6.86. The van der Waals surface area contributed by atoms with Crippen molar-refractivity contribution in [1.82, 2.24) is 4.90 Å². The first-order chi connectivity index (χ1) is 9.49. The van der Waals surface area contributed by atoms with Gasteiger partial charge in [-0.2, -0.15) is 0 Å². The number of rotatable bonds is 5. The number of hydrogen-bond acceptors (Lipinski definition) is 5. The van der Waals surface area contributed by atoms with E-state index in [1.807, 2.05) is 13.1 Å². The summed E-state index contributed by atoms with van der Waals surface area (Å²) in [7, 11) is 5.90. The van der Waals surface area contributed by atoms with Crippen molar-refractivity contribution < 1.29 is 4.92 Å². The molecule has 1 unspecified atom stereocenters. The molecular weight excluding hydrogens is 256 g/mol. The number of nitrogens with zero attached hydrogens (tertiary/aromatic N) is 3. The second-order valence-electron chi connectivity index (χ2n) is 5.54. The van der Waals surface area contributed by atoms with Crippen LogP contribution in [-0.4, -0.2) is 50.6 Å². The van der Waals surface area contributed by atoms with Crippen LogP contribution in [0.25, 0.3) is 0 Å². The van der Waals surface area contributed by atoms with Gasteiger partial charge in [0.05, 0.1) is 4.92 Å². The summed E-state index contributed by atoms with van der Waals surface area (Å²) < 4.78 is 0. The molecule has 1 fully saturated rings. The van der Waals surface area contributed by atoms with Gasteiger partial charge in [0.2, 0.25) is 0 Å². The Bertz CT molecular complexity index is 492. The van der Waals surface area contributed by atoms with Crippen molar-refractivity contribution in [2.45, 2.75) is 6.42 Å². The fourth-order valence-electron chi connectivity index (χ4n) is 2.73. The third-order valence-corrected chi connectivity index (χ3v) is 3.86. The quantitative estimate of drug-likeness (QED) is 0.659. The summed E-state index contributed by atoms with van der Waals surface area (Å²) in [6, 6.07) is 5.14. The average molecular weight is 278 g/mol. The maximum absolute atomic E-state index is 11.0. The highest BCUT2D eigenvalue weighted by Gasteiger charge is 2.21. The highest BCUT2D eigenvalue weighted by atomic mass is 16.6. The first kappa shape index (κ1) is 14.6. The predicted octanol–water partition coefficient (Wildman–Crippen LogP) is 2.02. The Morgan fingerprint density at radius 3 is 2.80 bits per heavy atom. The van der Waals surface area contributed by atoms with Gasteiger partial charge in [0.15, 0.2) is 0 Å². The number of nitro groups is 1. The standard InChI is InChI=1S/C14H22N4O2/c1-15-12-6-13(8-14(7-12)18(19)20)17(3)10-11-4-5-16(2)9-11/h6-8,11,15H,4-5,9-10H2,1-3H3. The molecule has 1 aromatic rings. The van der Waals surface area contributed by atoms with Crippen LogP contribution in [0.2, 0.25) is 0 Å². The van der Waals surface area contributed by atoms with Gasteiger partial charge in [-0.15, -0.1) is 0 Å². The molecule has 1 aliphatic heterocycles. The van der Waals surface area contributed by atoms with Crippen LogP contribution in [0.3, 0.4) is 0 Å². The Morgan fingerprint density at radius 1 is 1.50 bits per heavy atom. The number of non-ortho nitro benzene ring substituents is 1. The van der Waals surface area contributed by atoms with E-state index in [0.717, 1.165) is 31.0 Å². The number of likely N-dealkylation sites (tertiary alicyclic amines) is 1. The SMILES string of the molecule is CNc1cc(N(C)CC2CCN(C)C2)cc([N+](=O)[O-])c1. The molecule has 0 radical (unpaired) electrons. The van der Waals surface area contributed by atoms with Crippen molar-refractivity contribution in [2.24, 2.45) is 5.92 Å². The van der Waals surface area contributed by atoms with E-state index in [1.165, 1.54) is 6.42 Å². The van der Waals surface area contributed by atoms with E-state index in [-0.39, 0.29) is 10.6 Å². The van der Waals surface area contributed by atoms with Crippen LogP contribution in [0, 0.1) is 16.0 Å². The lowest BCUT2D eigenvalue weighted by molar-refractivity contribution is -0.384. The van der Waals surface area contributed by atoms with Crippen LogP contribution in [0.15, 0.2) is 18.2 Å². The lowest BCUT2D eigenvalue weighted by Crippen LogP contribution is -2.27. The summed E-state index contributed by atoms with van der Waals surface area (Å²) in [5, 5.41) is 14.0. The Labute approximate surface area is 119 Å². The third-order valence-electron chi connectivity index (χ3n) is 3.86. The second-order valence-corrected chi connectivity index (χ2v) is 5.54. The van der Waals surface area contributed by atoms with Gasteiger partial charge in [0.1, 0.15) is 0 Å². The van der Waals surface area contributed by atoms with Crippen LogP contribution >= 0.6 is 0 Å². The third kappa shape index (κ3) is 3.39. The Morgan fingerprint density at radius 2 is 2.25 bits per heavy atom. The number of benzene rings is 1. The van der Waals surface area contributed by atoms with Crippen molar-refractivity contribution in [1.29, 1.82) is 0 Å². The van der Waals surface area contributed by atoms with Gasteiger partial charge >= 0.3 is 0 Å². The fourth-order valence-corrected chi connectivity index (χ4v) is 2.73. The molecule has 0 amide bonds. The summed E-state index contributed by atoms with van der Waals surface area (Å²) in [5.74, 6) is 0.627. The number of nitro benzene ring substituents is 1. The highest BCUT2D eigenvalue weighted by Crippen LogP contribution is 2.27. The Balaban J connectivity index is 2.13. The molecule has 20 heavy (non-hydrogen) atoms. The number of nitrogens with one attached hydrogen (secondary N) is 1. The minimum atomic E-state index is -0.346. The molecule has 1 aliphatic rings. The van der Waals surface area contributed by atoms with Crippen molar-refractivity contribution in [3.8, 4) is 0 Å². The van der Waals surface area contributed by atoms with Crippen molar-refractivity contribution >= 4 is 17.1 Å². The Kier molecular flexibility index (Phi) is 4.44. The molecular formula is C14H22N4O2. The largest absolute Gasteiger partial charge is 0.388 e. The van der Waals surface area contributed by atoms with E-state index in [1.54, 1.807) is 19.2 Å². The molecule has 110 valence electrons. The average Bonchev–Trinajstić information content (AvgIpc) is 2.83. The summed E-state index contributed by atoms with van der Waals surface area (Å²) >= 11 is 0. The van der Waals surface area contributed by atoms with Gasteiger partial charge in [0.25, 0.3) is 5.69 Å². The first-order valence-corrected chi connectivity index (χ1v) is 6.86. The summed E-state index contributed by atoms with van der Waals surface area (Å²) in [4.78, 5) is 15.1. The maximum Gasteiger partial charge on any atom is 0.273 e. The summed E-state index contributed by atoms with van der Waals surface area (Å²) in [6.07, 6.45) is 1.19. The van der Waals surface area contributed by atoms with E-state index < -0.39 is 0 Å². The zero-order valence-electron chi connectivity index (χ0n) is 12.3. The van der Waals surface area contributed by atoms with Crippen LogP contribution < -0.4 is 10.2 Å². The van der Waals surface area contributed by atoms with Gasteiger partial charge in [-0.1, -0.05) is 0 Å². The van der Waals surface area contributed by atoms with Gasteiger partial charge in [0, 0.05) is 50.7 Å². The molecule has 6 nitrogen and oxygen atoms in total. The lowest BCUT2D eigenvalue weighted by Gasteiger charge is -2.23. The normalized spacial score (nSPS) is 19.1. The molecule has 0 aliphatic carbocycles. The lowest BCUT2D eigenvalue weighted by atomic mass is 10.1. The number of hydrogen-bond donors (Lipinski definition) is 1. The second kappa shape index (κ2) is 6.09. The molecule has 0 aromatic heterocycles. The smallest absolute Gasteiger partial charge is 0.273 e. The van der Waals surface area contributed by atoms with Crippen molar-refractivity contribution in [3.05, 3.63) is 28.3 Å². The molecule has 1 atom stereocenters. The van der Waals surface area contributed by atoms with Crippen LogP contribution in [0.1, 0.15) is 6.42 Å². The van der Waals surface area contributed by atoms with Gasteiger partial charge < -0.3 is 15.1 Å². The van der Waals surface area contributed by atoms with Gasteiger partial charge in [-0.25, -0.2) is 0 Å². The van der Waals surface area contributed by atoms with E-state index in [4.69, 9.17) is 0 Å². The highest BCUT2D eigenvalue weighted by molar-refractivity contribution is 5.64. The number of anilines is 2. The minimum absolute atomic E-state index is 0.127. The minimum Gasteiger partial charge on any atom is -0.388 e. The molecule has 1 heterocycles. The van der Waals surface area contributed by atoms with Crippen molar-refractivity contribution in [3.63, 3.8) is 0 Å². The maximum atomic E-state index is 11.0. The fraction of sp³-hybridized carbons (Fsp3) is 0.571. The zero-order chi connectivity index (χ0) is 14.7. The van der Waals surface area contributed by atoms with E-state index in [9.17, 15) is 10.1 Å². The topological polar surface area (TPSA) is 61.6 Å². The molecule has 0 bridgehead atoms. The van der Waals surface area contributed by atoms with E-state index in [0.29, 0.717) is 5.92 Å². The molecule has 1 aromatic carbocycles.